The summed E-state index contributed by atoms with van der Waals surface area (Å²) in [5, 5.41) is 4.84. The predicted octanol–water partition coefficient (Wildman–Crippen LogP) is 1.29. The molecule has 0 unspecified atom stereocenters. The second kappa shape index (κ2) is 2.36. The lowest BCUT2D eigenvalue weighted by Crippen LogP contribution is -1.93. The van der Waals surface area contributed by atoms with Crippen molar-refractivity contribution in [3.8, 4) is 0 Å². The monoisotopic (exact) mass is 148 g/mol. The van der Waals surface area contributed by atoms with E-state index in [0.29, 0.717) is 6.54 Å². The Morgan fingerprint density at radius 3 is 3.00 bits per heavy atom. The molecule has 1 heterocycles. The van der Waals surface area contributed by atoms with Gasteiger partial charge in [-0.3, -0.25) is 0 Å². The summed E-state index contributed by atoms with van der Waals surface area (Å²) in [6, 6.07) is 7.72. The second-order valence-corrected chi connectivity index (χ2v) is 2.33. The van der Waals surface area contributed by atoms with Crippen molar-refractivity contribution in [2.45, 2.75) is 6.54 Å². The Bertz CT molecular complexity index is 367. The molecule has 1 aromatic heterocycles. The van der Waals surface area contributed by atoms with Crippen molar-refractivity contribution >= 4 is 10.9 Å². The number of benzene rings is 1. The molecule has 3 heteroatoms. The first-order valence-corrected chi connectivity index (χ1v) is 3.45. The summed E-state index contributed by atoms with van der Waals surface area (Å²) in [4.78, 5) is 0. The van der Waals surface area contributed by atoms with E-state index < -0.39 is 0 Å². The van der Waals surface area contributed by atoms with Gasteiger partial charge in [-0.2, -0.15) is 0 Å². The van der Waals surface area contributed by atoms with E-state index in [1.807, 2.05) is 24.3 Å². The third-order valence-corrected chi connectivity index (χ3v) is 1.64. The fourth-order valence-corrected chi connectivity index (χ4v) is 1.09. The number of nitrogens with zero attached hydrogens (tertiary/aromatic N) is 1. The van der Waals surface area contributed by atoms with E-state index in [2.05, 4.69) is 5.16 Å². The van der Waals surface area contributed by atoms with Crippen molar-refractivity contribution in [1.82, 2.24) is 5.16 Å². The Morgan fingerprint density at radius 1 is 1.36 bits per heavy atom. The van der Waals surface area contributed by atoms with E-state index in [9.17, 15) is 0 Å². The highest BCUT2D eigenvalue weighted by atomic mass is 16.5. The maximum Gasteiger partial charge on any atom is 0.158 e. The van der Waals surface area contributed by atoms with Crippen LogP contribution < -0.4 is 5.73 Å². The molecule has 0 saturated carbocycles. The van der Waals surface area contributed by atoms with Crippen LogP contribution in [0.25, 0.3) is 10.9 Å². The predicted molar refractivity (Wildman–Crippen MR) is 41.9 cm³/mol. The first kappa shape index (κ1) is 6.37. The summed E-state index contributed by atoms with van der Waals surface area (Å²) in [6.45, 7) is 0.403. The van der Waals surface area contributed by atoms with Crippen LogP contribution in [0.3, 0.4) is 0 Å². The number of rotatable bonds is 1. The zero-order chi connectivity index (χ0) is 7.68. The standard InChI is InChI=1S/C8H8N2O/c9-5-8-6-3-1-2-4-7(6)10-11-8/h1-4H,5,9H2. The molecule has 0 aliphatic rings. The second-order valence-electron chi connectivity index (χ2n) is 2.33. The lowest BCUT2D eigenvalue weighted by Gasteiger charge is -1.86. The molecule has 3 nitrogen and oxygen atoms in total. The Morgan fingerprint density at radius 2 is 2.18 bits per heavy atom. The van der Waals surface area contributed by atoms with Gasteiger partial charge in [0.2, 0.25) is 0 Å². The van der Waals surface area contributed by atoms with E-state index in [4.69, 9.17) is 10.3 Å². The number of hydrogen-bond donors (Lipinski definition) is 1. The number of hydrogen-bond acceptors (Lipinski definition) is 3. The molecule has 1 aromatic carbocycles. The van der Waals surface area contributed by atoms with Crippen LogP contribution in [0, 0.1) is 0 Å². The Labute approximate surface area is 63.8 Å². The van der Waals surface area contributed by atoms with Gasteiger partial charge in [0.15, 0.2) is 5.76 Å². The van der Waals surface area contributed by atoms with Gasteiger partial charge < -0.3 is 10.3 Å². The third kappa shape index (κ3) is 0.897. The molecule has 2 N–H and O–H groups in total. The van der Waals surface area contributed by atoms with Gasteiger partial charge in [0.1, 0.15) is 5.52 Å². The molecule has 0 saturated heterocycles. The van der Waals surface area contributed by atoms with Crippen LogP contribution in [0.4, 0.5) is 0 Å². The molecule has 0 atom stereocenters. The van der Waals surface area contributed by atoms with Crippen molar-refractivity contribution in [1.29, 1.82) is 0 Å². The number of aromatic nitrogens is 1. The van der Waals surface area contributed by atoms with Crippen LogP contribution in [0.15, 0.2) is 28.8 Å². The minimum atomic E-state index is 0.403. The van der Waals surface area contributed by atoms with Crippen molar-refractivity contribution in [3.05, 3.63) is 30.0 Å². The van der Waals surface area contributed by atoms with E-state index in [0.717, 1.165) is 16.7 Å². The van der Waals surface area contributed by atoms with Gasteiger partial charge in [-0.05, 0) is 12.1 Å². The highest BCUT2D eigenvalue weighted by Crippen LogP contribution is 2.16. The van der Waals surface area contributed by atoms with Gasteiger partial charge in [-0.25, -0.2) is 0 Å². The highest BCUT2D eigenvalue weighted by molar-refractivity contribution is 5.80. The van der Waals surface area contributed by atoms with E-state index in [-0.39, 0.29) is 0 Å². The van der Waals surface area contributed by atoms with Crippen LogP contribution in [0.5, 0.6) is 0 Å². The first-order valence-electron chi connectivity index (χ1n) is 3.45. The van der Waals surface area contributed by atoms with Gasteiger partial charge in [0.25, 0.3) is 0 Å². The zero-order valence-electron chi connectivity index (χ0n) is 5.95. The number of fused-ring (bicyclic) bond motifs is 1. The summed E-state index contributed by atoms with van der Waals surface area (Å²) < 4.78 is 4.99. The van der Waals surface area contributed by atoms with Crippen LogP contribution in [-0.2, 0) is 6.54 Å². The van der Waals surface area contributed by atoms with Gasteiger partial charge in [0.05, 0.1) is 6.54 Å². The van der Waals surface area contributed by atoms with Gasteiger partial charge in [-0.1, -0.05) is 17.3 Å². The fraction of sp³-hybridized carbons (Fsp3) is 0.125. The van der Waals surface area contributed by atoms with Gasteiger partial charge in [-0.15, -0.1) is 0 Å². The van der Waals surface area contributed by atoms with Crippen molar-refractivity contribution in [2.24, 2.45) is 5.73 Å². The van der Waals surface area contributed by atoms with E-state index in [1.54, 1.807) is 0 Å². The summed E-state index contributed by atoms with van der Waals surface area (Å²) in [7, 11) is 0. The smallest absolute Gasteiger partial charge is 0.158 e. The molecule has 0 fully saturated rings. The lowest BCUT2D eigenvalue weighted by atomic mass is 10.2. The molecule has 0 bridgehead atoms. The van der Waals surface area contributed by atoms with Crippen LogP contribution >= 0.6 is 0 Å². The fourth-order valence-electron chi connectivity index (χ4n) is 1.09. The number of nitrogens with two attached hydrogens (primary N) is 1. The highest BCUT2D eigenvalue weighted by Gasteiger charge is 2.03. The topological polar surface area (TPSA) is 52.0 Å². The van der Waals surface area contributed by atoms with Crippen molar-refractivity contribution in [3.63, 3.8) is 0 Å². The molecule has 0 aliphatic carbocycles. The van der Waals surface area contributed by atoms with Crippen LogP contribution in [0.1, 0.15) is 5.76 Å². The first-order chi connectivity index (χ1) is 5.42. The van der Waals surface area contributed by atoms with Crippen molar-refractivity contribution < 1.29 is 4.52 Å². The molecule has 0 radical (unpaired) electrons. The lowest BCUT2D eigenvalue weighted by molar-refractivity contribution is 0.393. The van der Waals surface area contributed by atoms with Crippen molar-refractivity contribution in [2.75, 3.05) is 0 Å². The maximum atomic E-state index is 5.43. The largest absolute Gasteiger partial charge is 0.359 e. The minimum absolute atomic E-state index is 0.403. The molecular weight excluding hydrogens is 140 g/mol. The minimum Gasteiger partial charge on any atom is -0.359 e. The van der Waals surface area contributed by atoms with Gasteiger partial charge >= 0.3 is 0 Å². The molecule has 2 aromatic rings. The summed E-state index contributed by atoms with van der Waals surface area (Å²) in [5.74, 6) is 0.751. The third-order valence-electron chi connectivity index (χ3n) is 1.64. The van der Waals surface area contributed by atoms with Crippen LogP contribution in [-0.4, -0.2) is 5.16 Å². The normalized spacial score (nSPS) is 10.6. The Hall–Kier alpha value is -1.35. The average molecular weight is 148 g/mol. The molecule has 11 heavy (non-hydrogen) atoms. The zero-order valence-corrected chi connectivity index (χ0v) is 5.95. The Kier molecular flexibility index (Phi) is 1.36. The maximum absolute atomic E-state index is 5.43. The molecule has 0 aliphatic heterocycles. The summed E-state index contributed by atoms with van der Waals surface area (Å²) >= 11 is 0. The SMILES string of the molecule is NCc1onc2ccccc12. The van der Waals surface area contributed by atoms with E-state index in [1.165, 1.54) is 0 Å². The molecule has 0 spiro atoms. The Balaban J connectivity index is 2.76. The summed E-state index contributed by atoms with van der Waals surface area (Å²) in [5.41, 5.74) is 6.30. The summed E-state index contributed by atoms with van der Waals surface area (Å²) in [6.07, 6.45) is 0. The molecule has 56 valence electrons. The molecular formula is C8H8N2O. The van der Waals surface area contributed by atoms with E-state index >= 15 is 0 Å². The quantitative estimate of drug-likeness (QED) is 0.662. The molecule has 0 amide bonds. The average Bonchev–Trinajstić information content (AvgIpc) is 2.47. The van der Waals surface area contributed by atoms with Gasteiger partial charge in [0, 0.05) is 5.39 Å². The molecule has 2 rings (SSSR count). The van der Waals surface area contributed by atoms with Crippen LogP contribution in [0.2, 0.25) is 0 Å².